The number of hydrogen-bond acceptors (Lipinski definition) is 3. The SMILES string of the molecule is CCCCC(SC(CCCC)c1ccc(O)cc1)c1ccc(O)cc1. The van der Waals surface area contributed by atoms with E-state index in [0.29, 0.717) is 22.0 Å². The van der Waals surface area contributed by atoms with E-state index >= 15 is 0 Å². The van der Waals surface area contributed by atoms with Crippen LogP contribution in [-0.4, -0.2) is 10.2 Å². The highest BCUT2D eigenvalue weighted by molar-refractivity contribution is 7.99. The van der Waals surface area contributed by atoms with Crippen LogP contribution >= 0.6 is 11.8 Å². The van der Waals surface area contributed by atoms with E-state index in [4.69, 9.17) is 0 Å². The van der Waals surface area contributed by atoms with E-state index in [2.05, 4.69) is 38.1 Å². The van der Waals surface area contributed by atoms with Crippen molar-refractivity contribution < 1.29 is 10.2 Å². The maximum Gasteiger partial charge on any atom is 0.115 e. The highest BCUT2D eigenvalue weighted by atomic mass is 32.2. The third-order valence-electron chi connectivity index (χ3n) is 4.50. The third-order valence-corrected chi connectivity index (χ3v) is 6.17. The number of phenols is 2. The molecule has 0 fully saturated rings. The Kier molecular flexibility index (Phi) is 8.20. The molecule has 0 aliphatic rings. The molecule has 2 rings (SSSR count). The van der Waals surface area contributed by atoms with Crippen LogP contribution in [0.5, 0.6) is 11.5 Å². The highest BCUT2D eigenvalue weighted by Gasteiger charge is 2.20. The number of hydrogen-bond donors (Lipinski definition) is 2. The second-order valence-electron chi connectivity index (χ2n) is 6.58. The fourth-order valence-corrected chi connectivity index (χ4v) is 4.61. The molecule has 0 aromatic heterocycles. The van der Waals surface area contributed by atoms with Crippen LogP contribution in [0, 0.1) is 0 Å². The largest absolute Gasteiger partial charge is 0.508 e. The van der Waals surface area contributed by atoms with Crippen LogP contribution in [0.2, 0.25) is 0 Å². The number of benzene rings is 2. The van der Waals surface area contributed by atoms with Gasteiger partial charge in [0.25, 0.3) is 0 Å². The lowest BCUT2D eigenvalue weighted by Gasteiger charge is -2.24. The van der Waals surface area contributed by atoms with Gasteiger partial charge in [0.1, 0.15) is 11.5 Å². The van der Waals surface area contributed by atoms with Gasteiger partial charge in [-0.25, -0.2) is 0 Å². The standard InChI is InChI=1S/C22H30O2S/c1-3-5-7-21(17-9-13-19(23)14-10-17)25-22(8-6-4-2)18-11-15-20(24)16-12-18/h9-16,21-24H,3-8H2,1-2H3. The Morgan fingerprint density at radius 3 is 1.36 bits per heavy atom. The summed E-state index contributed by atoms with van der Waals surface area (Å²) < 4.78 is 0. The predicted molar refractivity (Wildman–Crippen MR) is 108 cm³/mol. The Hall–Kier alpha value is -1.61. The molecular formula is C22H30O2S. The van der Waals surface area contributed by atoms with Crippen molar-refractivity contribution in [2.24, 2.45) is 0 Å². The maximum absolute atomic E-state index is 9.59. The first-order chi connectivity index (χ1) is 12.1. The molecule has 0 heterocycles. The van der Waals surface area contributed by atoms with Crippen LogP contribution in [0.15, 0.2) is 48.5 Å². The van der Waals surface area contributed by atoms with Gasteiger partial charge in [-0.3, -0.25) is 0 Å². The van der Waals surface area contributed by atoms with Crippen molar-refractivity contribution in [3.63, 3.8) is 0 Å². The van der Waals surface area contributed by atoms with E-state index in [1.165, 1.54) is 36.8 Å². The number of thioether (sulfide) groups is 1. The summed E-state index contributed by atoms with van der Waals surface area (Å²) >= 11 is 2.02. The van der Waals surface area contributed by atoms with Crippen LogP contribution in [-0.2, 0) is 0 Å². The summed E-state index contributed by atoms with van der Waals surface area (Å²) in [7, 11) is 0. The van der Waals surface area contributed by atoms with Gasteiger partial charge in [0, 0.05) is 10.5 Å². The normalized spacial score (nSPS) is 13.5. The van der Waals surface area contributed by atoms with Gasteiger partial charge in [-0.05, 0) is 48.2 Å². The lowest BCUT2D eigenvalue weighted by Crippen LogP contribution is -2.01. The molecule has 0 aliphatic heterocycles. The van der Waals surface area contributed by atoms with Crippen LogP contribution in [0.3, 0.4) is 0 Å². The zero-order chi connectivity index (χ0) is 18.1. The fourth-order valence-electron chi connectivity index (χ4n) is 2.98. The maximum atomic E-state index is 9.59. The fraction of sp³-hybridized carbons (Fsp3) is 0.455. The van der Waals surface area contributed by atoms with Gasteiger partial charge in [-0.2, -0.15) is 0 Å². The molecule has 0 radical (unpaired) electrons. The van der Waals surface area contributed by atoms with Crippen molar-refractivity contribution in [2.45, 2.75) is 62.9 Å². The lowest BCUT2D eigenvalue weighted by atomic mass is 10.1. The molecule has 3 heteroatoms. The van der Waals surface area contributed by atoms with Gasteiger partial charge in [-0.1, -0.05) is 63.8 Å². The Morgan fingerprint density at radius 1 is 0.680 bits per heavy atom. The molecule has 25 heavy (non-hydrogen) atoms. The molecule has 0 aliphatic carbocycles. The van der Waals surface area contributed by atoms with Crippen molar-refractivity contribution in [3.05, 3.63) is 59.7 Å². The molecule has 0 amide bonds. The first-order valence-corrected chi connectivity index (χ1v) is 10.3. The van der Waals surface area contributed by atoms with E-state index in [1.54, 1.807) is 24.3 Å². The Balaban J connectivity index is 2.20. The molecule has 2 aromatic carbocycles. The summed E-state index contributed by atoms with van der Waals surface area (Å²) in [6.07, 6.45) is 7.07. The van der Waals surface area contributed by atoms with E-state index in [0.717, 1.165) is 12.8 Å². The second-order valence-corrected chi connectivity index (χ2v) is 7.99. The van der Waals surface area contributed by atoms with Gasteiger partial charge >= 0.3 is 0 Å². The average Bonchev–Trinajstić information content (AvgIpc) is 2.63. The van der Waals surface area contributed by atoms with Crippen molar-refractivity contribution in [1.82, 2.24) is 0 Å². The average molecular weight is 359 g/mol. The monoisotopic (exact) mass is 358 g/mol. The quantitative estimate of drug-likeness (QED) is 0.480. The van der Waals surface area contributed by atoms with Gasteiger partial charge in [0.15, 0.2) is 0 Å². The molecule has 0 saturated carbocycles. The number of phenolic OH excluding ortho intramolecular Hbond substituents is 2. The molecule has 136 valence electrons. The lowest BCUT2D eigenvalue weighted by molar-refractivity contribution is 0.474. The molecule has 0 spiro atoms. The summed E-state index contributed by atoms with van der Waals surface area (Å²) in [5.74, 6) is 0.646. The topological polar surface area (TPSA) is 40.5 Å². The summed E-state index contributed by atoms with van der Waals surface area (Å²) in [4.78, 5) is 0. The smallest absolute Gasteiger partial charge is 0.115 e. The van der Waals surface area contributed by atoms with Gasteiger partial charge in [0.05, 0.1) is 0 Å². The predicted octanol–water partition coefficient (Wildman–Crippen LogP) is 6.99. The van der Waals surface area contributed by atoms with E-state index in [1.807, 2.05) is 11.8 Å². The Bertz CT molecular complexity index is 551. The molecule has 2 unspecified atom stereocenters. The third kappa shape index (κ3) is 6.32. The van der Waals surface area contributed by atoms with Gasteiger partial charge in [-0.15, -0.1) is 11.8 Å². The van der Waals surface area contributed by atoms with Crippen LogP contribution < -0.4 is 0 Å². The Morgan fingerprint density at radius 2 is 1.04 bits per heavy atom. The molecule has 2 N–H and O–H groups in total. The summed E-state index contributed by atoms with van der Waals surface area (Å²) in [6, 6.07) is 15.4. The molecule has 2 aromatic rings. The summed E-state index contributed by atoms with van der Waals surface area (Å²) in [6.45, 7) is 4.46. The molecule has 2 nitrogen and oxygen atoms in total. The van der Waals surface area contributed by atoms with Crippen LogP contribution in [0.1, 0.15) is 74.0 Å². The zero-order valence-corrected chi connectivity index (χ0v) is 16.1. The molecule has 0 bridgehead atoms. The number of rotatable bonds is 10. The van der Waals surface area contributed by atoms with Crippen molar-refractivity contribution in [2.75, 3.05) is 0 Å². The zero-order valence-electron chi connectivity index (χ0n) is 15.3. The molecule has 0 saturated heterocycles. The minimum Gasteiger partial charge on any atom is -0.508 e. The van der Waals surface area contributed by atoms with Crippen LogP contribution in [0.4, 0.5) is 0 Å². The van der Waals surface area contributed by atoms with E-state index < -0.39 is 0 Å². The van der Waals surface area contributed by atoms with Gasteiger partial charge < -0.3 is 10.2 Å². The van der Waals surface area contributed by atoms with Crippen molar-refractivity contribution >= 4 is 11.8 Å². The summed E-state index contributed by atoms with van der Waals surface area (Å²) in [5, 5.41) is 20.0. The molecular weight excluding hydrogens is 328 g/mol. The van der Waals surface area contributed by atoms with Crippen molar-refractivity contribution in [1.29, 1.82) is 0 Å². The second kappa shape index (κ2) is 10.4. The van der Waals surface area contributed by atoms with Gasteiger partial charge in [0.2, 0.25) is 0 Å². The number of aromatic hydroxyl groups is 2. The number of unbranched alkanes of at least 4 members (excludes halogenated alkanes) is 2. The first kappa shape index (κ1) is 19.7. The molecule has 2 atom stereocenters. The Labute approximate surface area is 156 Å². The van der Waals surface area contributed by atoms with Crippen LogP contribution in [0.25, 0.3) is 0 Å². The summed E-state index contributed by atoms with van der Waals surface area (Å²) in [5.41, 5.74) is 2.58. The van der Waals surface area contributed by atoms with E-state index in [9.17, 15) is 10.2 Å². The first-order valence-electron chi connectivity index (χ1n) is 9.37. The highest BCUT2D eigenvalue weighted by Crippen LogP contribution is 2.46. The minimum atomic E-state index is 0.323. The van der Waals surface area contributed by atoms with Crippen molar-refractivity contribution in [3.8, 4) is 11.5 Å². The van der Waals surface area contributed by atoms with E-state index in [-0.39, 0.29) is 0 Å². The minimum absolute atomic E-state index is 0.323.